The molecule has 0 saturated heterocycles. The van der Waals surface area contributed by atoms with Gasteiger partial charge in [0.1, 0.15) is 0 Å². The highest BCUT2D eigenvalue weighted by molar-refractivity contribution is 7.99. The van der Waals surface area contributed by atoms with Gasteiger partial charge >= 0.3 is 0 Å². The van der Waals surface area contributed by atoms with Crippen LogP contribution >= 0.6 is 35.0 Å². The van der Waals surface area contributed by atoms with Crippen LogP contribution in [0.25, 0.3) is 11.4 Å². The first-order valence-corrected chi connectivity index (χ1v) is 9.11. The Morgan fingerprint density at radius 1 is 1.16 bits per heavy atom. The molecule has 0 atom stereocenters. The Hall–Kier alpha value is -2.02. The summed E-state index contributed by atoms with van der Waals surface area (Å²) >= 11 is 13.4. The average Bonchev–Trinajstić information content (AvgIpc) is 2.94. The molecule has 5 nitrogen and oxygen atoms in total. The summed E-state index contributed by atoms with van der Waals surface area (Å²) in [7, 11) is 1.84. The summed E-state index contributed by atoms with van der Waals surface area (Å²) in [6.45, 7) is 0. The molecule has 0 aliphatic heterocycles. The third-order valence-corrected chi connectivity index (χ3v) is 4.98. The van der Waals surface area contributed by atoms with E-state index in [2.05, 4.69) is 15.5 Å². The second kappa shape index (κ2) is 7.91. The van der Waals surface area contributed by atoms with Crippen LogP contribution in [0.1, 0.15) is 0 Å². The van der Waals surface area contributed by atoms with Gasteiger partial charge in [0.25, 0.3) is 0 Å². The Bertz CT molecular complexity index is 913. The molecule has 1 aromatic heterocycles. The van der Waals surface area contributed by atoms with Crippen molar-refractivity contribution in [3.63, 3.8) is 0 Å². The lowest BCUT2D eigenvalue weighted by molar-refractivity contribution is -0.113. The standard InChI is InChI=1S/C17H14Cl2N4OS/c1-23-16(13-7-2-3-8-14(13)19)21-22-17(23)25-10-15(24)20-12-6-4-5-11(18)9-12/h2-9H,10H2,1H3,(H,20,24). The lowest BCUT2D eigenvalue weighted by atomic mass is 10.2. The van der Waals surface area contributed by atoms with E-state index in [4.69, 9.17) is 23.2 Å². The van der Waals surface area contributed by atoms with E-state index in [1.807, 2.05) is 29.8 Å². The van der Waals surface area contributed by atoms with Crippen molar-refractivity contribution >= 4 is 46.6 Å². The summed E-state index contributed by atoms with van der Waals surface area (Å²) in [5.41, 5.74) is 1.46. The molecule has 0 bridgehead atoms. The number of anilines is 1. The fraction of sp³-hybridized carbons (Fsp3) is 0.118. The summed E-state index contributed by atoms with van der Waals surface area (Å²) in [4.78, 5) is 12.1. The van der Waals surface area contributed by atoms with E-state index >= 15 is 0 Å². The van der Waals surface area contributed by atoms with Gasteiger partial charge in [-0.05, 0) is 30.3 Å². The van der Waals surface area contributed by atoms with Crippen LogP contribution in [0.2, 0.25) is 10.0 Å². The van der Waals surface area contributed by atoms with Crippen LogP contribution < -0.4 is 5.32 Å². The lowest BCUT2D eigenvalue weighted by Gasteiger charge is -2.06. The predicted octanol–water partition coefficient (Wildman–Crippen LogP) is 4.52. The van der Waals surface area contributed by atoms with Gasteiger partial charge in [-0.1, -0.05) is 53.2 Å². The molecule has 2 aromatic carbocycles. The van der Waals surface area contributed by atoms with E-state index in [0.717, 1.165) is 5.56 Å². The molecule has 0 aliphatic rings. The van der Waals surface area contributed by atoms with Crippen LogP contribution in [0, 0.1) is 0 Å². The zero-order valence-corrected chi connectivity index (χ0v) is 15.6. The van der Waals surface area contributed by atoms with Gasteiger partial charge in [0.05, 0.1) is 10.8 Å². The predicted molar refractivity (Wildman–Crippen MR) is 102 cm³/mol. The maximum absolute atomic E-state index is 12.1. The molecule has 128 valence electrons. The van der Waals surface area contributed by atoms with Crippen LogP contribution in [-0.4, -0.2) is 26.4 Å². The minimum absolute atomic E-state index is 0.144. The lowest BCUT2D eigenvalue weighted by Crippen LogP contribution is -2.14. The average molecular weight is 393 g/mol. The van der Waals surface area contributed by atoms with Gasteiger partial charge in [-0.2, -0.15) is 0 Å². The highest BCUT2D eigenvalue weighted by Crippen LogP contribution is 2.28. The van der Waals surface area contributed by atoms with Gasteiger partial charge in [0.2, 0.25) is 5.91 Å². The van der Waals surface area contributed by atoms with Crippen molar-refractivity contribution < 1.29 is 4.79 Å². The van der Waals surface area contributed by atoms with Crippen molar-refractivity contribution in [2.45, 2.75) is 5.16 Å². The molecule has 3 aromatic rings. The number of hydrogen-bond donors (Lipinski definition) is 1. The molecule has 1 heterocycles. The van der Waals surface area contributed by atoms with Gasteiger partial charge in [-0.15, -0.1) is 10.2 Å². The molecule has 0 unspecified atom stereocenters. The molecule has 1 N–H and O–H groups in total. The summed E-state index contributed by atoms with van der Waals surface area (Å²) in [5.74, 6) is 0.721. The Morgan fingerprint density at radius 3 is 2.72 bits per heavy atom. The van der Waals surface area contributed by atoms with Gasteiger partial charge in [-0.25, -0.2) is 0 Å². The van der Waals surface area contributed by atoms with Crippen molar-refractivity contribution in [3.8, 4) is 11.4 Å². The molecule has 0 aliphatic carbocycles. The van der Waals surface area contributed by atoms with Gasteiger partial charge in [0.15, 0.2) is 11.0 Å². The third-order valence-electron chi connectivity index (χ3n) is 3.39. The van der Waals surface area contributed by atoms with E-state index in [-0.39, 0.29) is 11.7 Å². The molecule has 0 saturated carbocycles. The summed E-state index contributed by atoms with van der Waals surface area (Å²) in [5, 5.41) is 12.9. The van der Waals surface area contributed by atoms with E-state index in [9.17, 15) is 4.79 Å². The van der Waals surface area contributed by atoms with Crippen LogP contribution in [0.3, 0.4) is 0 Å². The topological polar surface area (TPSA) is 59.8 Å². The largest absolute Gasteiger partial charge is 0.325 e. The number of nitrogens with zero attached hydrogens (tertiary/aromatic N) is 3. The summed E-state index contributed by atoms with van der Waals surface area (Å²) < 4.78 is 1.82. The minimum Gasteiger partial charge on any atom is -0.325 e. The molecule has 3 rings (SSSR count). The zero-order chi connectivity index (χ0) is 17.8. The van der Waals surface area contributed by atoms with Crippen LogP contribution in [0.15, 0.2) is 53.7 Å². The van der Waals surface area contributed by atoms with Crippen molar-refractivity contribution in [3.05, 3.63) is 58.6 Å². The molecule has 0 radical (unpaired) electrons. The zero-order valence-electron chi connectivity index (χ0n) is 13.2. The normalized spacial score (nSPS) is 10.7. The van der Waals surface area contributed by atoms with E-state index in [1.54, 1.807) is 30.3 Å². The molecule has 8 heteroatoms. The SMILES string of the molecule is Cn1c(SCC(=O)Nc2cccc(Cl)c2)nnc1-c1ccccc1Cl. The molecule has 25 heavy (non-hydrogen) atoms. The number of aromatic nitrogens is 3. The highest BCUT2D eigenvalue weighted by Gasteiger charge is 2.14. The number of amides is 1. The number of carbonyl (C=O) groups excluding carboxylic acids is 1. The number of nitrogens with one attached hydrogen (secondary N) is 1. The van der Waals surface area contributed by atoms with Crippen molar-refractivity contribution in [2.24, 2.45) is 7.05 Å². The fourth-order valence-electron chi connectivity index (χ4n) is 2.21. The molecular formula is C17H14Cl2N4OS. The quantitative estimate of drug-likeness (QED) is 0.648. The third kappa shape index (κ3) is 4.34. The molecule has 0 fully saturated rings. The maximum Gasteiger partial charge on any atom is 0.234 e. The maximum atomic E-state index is 12.1. The van der Waals surface area contributed by atoms with Crippen molar-refractivity contribution in [1.82, 2.24) is 14.8 Å². The minimum atomic E-state index is -0.144. The molecule has 0 spiro atoms. The first kappa shape index (κ1) is 17.8. The van der Waals surface area contributed by atoms with E-state index < -0.39 is 0 Å². The number of thioether (sulfide) groups is 1. The molecule has 1 amide bonds. The fourth-order valence-corrected chi connectivity index (χ4v) is 3.33. The monoisotopic (exact) mass is 392 g/mol. The second-order valence-electron chi connectivity index (χ2n) is 5.19. The Morgan fingerprint density at radius 2 is 1.96 bits per heavy atom. The van der Waals surface area contributed by atoms with Gasteiger partial charge in [-0.3, -0.25) is 4.79 Å². The number of rotatable bonds is 5. The van der Waals surface area contributed by atoms with Crippen LogP contribution in [0.5, 0.6) is 0 Å². The second-order valence-corrected chi connectivity index (χ2v) is 6.98. The Balaban J connectivity index is 1.66. The smallest absolute Gasteiger partial charge is 0.234 e. The van der Waals surface area contributed by atoms with Crippen LogP contribution in [-0.2, 0) is 11.8 Å². The number of benzene rings is 2. The first-order valence-electron chi connectivity index (χ1n) is 7.37. The van der Waals surface area contributed by atoms with Crippen molar-refractivity contribution in [1.29, 1.82) is 0 Å². The first-order chi connectivity index (χ1) is 12.0. The van der Waals surface area contributed by atoms with Crippen LogP contribution in [0.4, 0.5) is 5.69 Å². The number of halogens is 2. The van der Waals surface area contributed by atoms with Gasteiger partial charge in [0, 0.05) is 23.3 Å². The molecular weight excluding hydrogens is 379 g/mol. The summed E-state index contributed by atoms with van der Waals surface area (Å²) in [6.07, 6.45) is 0. The highest BCUT2D eigenvalue weighted by atomic mass is 35.5. The Labute approximate surface area is 159 Å². The van der Waals surface area contributed by atoms with Crippen molar-refractivity contribution in [2.75, 3.05) is 11.1 Å². The summed E-state index contributed by atoms with van der Waals surface area (Å²) in [6, 6.07) is 14.4. The van der Waals surface area contributed by atoms with E-state index in [1.165, 1.54) is 11.8 Å². The number of carbonyl (C=O) groups is 1. The number of hydrogen-bond acceptors (Lipinski definition) is 4. The Kier molecular flexibility index (Phi) is 5.63. The van der Waals surface area contributed by atoms with E-state index in [0.29, 0.717) is 26.7 Å². The van der Waals surface area contributed by atoms with Gasteiger partial charge < -0.3 is 9.88 Å².